The van der Waals surface area contributed by atoms with Gasteiger partial charge in [0.25, 0.3) is 0 Å². The molecule has 1 amide bonds. The van der Waals surface area contributed by atoms with Crippen molar-refractivity contribution in [3.05, 3.63) is 29.8 Å². The lowest BCUT2D eigenvalue weighted by Crippen LogP contribution is -2.31. The maximum atomic E-state index is 10.4. The number of hydrogen-bond donors (Lipinski definition) is 4. The Labute approximate surface area is 102 Å². The first-order chi connectivity index (χ1) is 8.10. The molecule has 0 aliphatic heterocycles. The van der Waals surface area contributed by atoms with Crippen LogP contribution >= 0.6 is 0 Å². The lowest BCUT2D eigenvalue weighted by molar-refractivity contribution is -0.119. The Morgan fingerprint density at radius 1 is 1.29 bits per heavy atom. The normalized spacial score (nSPS) is 9.12. The van der Waals surface area contributed by atoms with E-state index in [4.69, 9.17) is 16.6 Å². The molecule has 0 atom stereocenters. The van der Waals surface area contributed by atoms with E-state index in [2.05, 4.69) is 5.32 Å². The van der Waals surface area contributed by atoms with E-state index in [0.717, 1.165) is 6.42 Å². The molecule has 5 heteroatoms. The first-order valence-electron chi connectivity index (χ1n) is 5.52. The maximum absolute atomic E-state index is 10.4. The van der Waals surface area contributed by atoms with Gasteiger partial charge in [0.05, 0.1) is 6.54 Å². The number of phenols is 1. The van der Waals surface area contributed by atoms with Crippen molar-refractivity contribution < 1.29 is 9.90 Å². The molecule has 0 aromatic heterocycles. The van der Waals surface area contributed by atoms with Gasteiger partial charge < -0.3 is 21.9 Å². The molecule has 0 saturated heterocycles. The van der Waals surface area contributed by atoms with Gasteiger partial charge in [-0.05, 0) is 32.0 Å². The number of nitrogens with one attached hydrogen (secondary N) is 1. The molecule has 0 unspecified atom stereocenters. The summed E-state index contributed by atoms with van der Waals surface area (Å²) >= 11 is 0. The van der Waals surface area contributed by atoms with Gasteiger partial charge in [0, 0.05) is 6.54 Å². The van der Waals surface area contributed by atoms with Crippen molar-refractivity contribution in [2.75, 3.05) is 19.6 Å². The van der Waals surface area contributed by atoms with Gasteiger partial charge >= 0.3 is 0 Å². The highest BCUT2D eigenvalue weighted by Crippen LogP contribution is 2.07. The van der Waals surface area contributed by atoms with Crippen LogP contribution in [0.5, 0.6) is 5.75 Å². The van der Waals surface area contributed by atoms with E-state index in [1.165, 1.54) is 5.56 Å². The van der Waals surface area contributed by atoms with E-state index >= 15 is 0 Å². The minimum absolute atomic E-state index is 0.0601. The molecule has 0 spiro atoms. The average molecular weight is 239 g/mol. The molecule has 0 radical (unpaired) electrons. The summed E-state index contributed by atoms with van der Waals surface area (Å²) in [4.78, 5) is 10.4. The number of carbonyl (C=O) groups excluding carboxylic acids is 1. The Balaban J connectivity index is 0.000000302. The molecule has 1 aromatic rings. The fourth-order valence-corrected chi connectivity index (χ4v) is 0.947. The zero-order chi connectivity index (χ0) is 13.1. The third-order valence-corrected chi connectivity index (χ3v) is 1.92. The molecule has 5 nitrogen and oxygen atoms in total. The lowest BCUT2D eigenvalue weighted by Gasteiger charge is -1.99. The summed E-state index contributed by atoms with van der Waals surface area (Å²) in [7, 11) is 0. The summed E-state index contributed by atoms with van der Waals surface area (Å²) in [5.41, 5.74) is 11.4. The highest BCUT2D eigenvalue weighted by Gasteiger charge is 1.92. The van der Waals surface area contributed by atoms with Gasteiger partial charge in [-0.25, -0.2) is 0 Å². The van der Waals surface area contributed by atoms with Crippen LogP contribution in [0.2, 0.25) is 0 Å². The predicted octanol–water partition coefficient (Wildman–Crippen LogP) is 0.111. The number of phenolic OH excluding ortho intramolecular Hbond substituents is 1. The highest BCUT2D eigenvalue weighted by molar-refractivity contribution is 5.77. The Bertz CT molecular complexity index is 291. The smallest absolute Gasteiger partial charge is 0.233 e. The van der Waals surface area contributed by atoms with E-state index in [9.17, 15) is 4.79 Å². The quantitative estimate of drug-likeness (QED) is 0.560. The first kappa shape index (κ1) is 15.4. The van der Waals surface area contributed by atoms with Gasteiger partial charge in [-0.2, -0.15) is 0 Å². The van der Waals surface area contributed by atoms with Crippen LogP contribution in [-0.2, 0) is 4.79 Å². The summed E-state index contributed by atoms with van der Waals surface area (Å²) in [5, 5.41) is 11.3. The van der Waals surface area contributed by atoms with E-state index in [0.29, 0.717) is 18.8 Å². The Morgan fingerprint density at radius 2 is 1.88 bits per heavy atom. The minimum Gasteiger partial charge on any atom is -0.508 e. The monoisotopic (exact) mass is 239 g/mol. The minimum atomic E-state index is -0.122. The van der Waals surface area contributed by atoms with Crippen molar-refractivity contribution in [1.29, 1.82) is 0 Å². The third-order valence-electron chi connectivity index (χ3n) is 1.92. The van der Waals surface area contributed by atoms with Crippen LogP contribution in [0, 0.1) is 6.92 Å². The van der Waals surface area contributed by atoms with Crippen molar-refractivity contribution in [3.8, 4) is 5.75 Å². The van der Waals surface area contributed by atoms with Crippen LogP contribution < -0.4 is 16.8 Å². The molecule has 0 aliphatic rings. The van der Waals surface area contributed by atoms with Crippen LogP contribution in [0.1, 0.15) is 12.0 Å². The summed E-state index contributed by atoms with van der Waals surface area (Å²) in [5.74, 6) is 0.207. The summed E-state index contributed by atoms with van der Waals surface area (Å²) < 4.78 is 0. The summed E-state index contributed by atoms with van der Waals surface area (Å²) in [6.45, 7) is 3.28. The number of rotatable bonds is 4. The van der Waals surface area contributed by atoms with E-state index in [-0.39, 0.29) is 12.5 Å². The fourth-order valence-electron chi connectivity index (χ4n) is 0.947. The van der Waals surface area contributed by atoms with Crippen LogP contribution in [0.3, 0.4) is 0 Å². The number of hydrogen-bond acceptors (Lipinski definition) is 4. The van der Waals surface area contributed by atoms with Crippen molar-refractivity contribution >= 4 is 5.91 Å². The van der Waals surface area contributed by atoms with Crippen LogP contribution in [-0.4, -0.2) is 30.6 Å². The molecule has 96 valence electrons. The van der Waals surface area contributed by atoms with Crippen LogP contribution in [0.4, 0.5) is 0 Å². The number of aromatic hydroxyl groups is 1. The number of benzene rings is 1. The van der Waals surface area contributed by atoms with Crippen molar-refractivity contribution in [2.24, 2.45) is 11.5 Å². The molecule has 1 rings (SSSR count). The number of amides is 1. The molecule has 1 aromatic carbocycles. The second-order valence-corrected chi connectivity index (χ2v) is 3.53. The maximum Gasteiger partial charge on any atom is 0.233 e. The summed E-state index contributed by atoms with van der Waals surface area (Å²) in [6.07, 6.45) is 0.811. The largest absolute Gasteiger partial charge is 0.508 e. The first-order valence-corrected chi connectivity index (χ1v) is 5.52. The van der Waals surface area contributed by atoms with E-state index in [1.807, 2.05) is 19.1 Å². The standard InChI is InChI=1S/C7H8O.C5H13N3O/c1-6-2-4-7(8)5-3-6;6-2-1-3-8-5(9)4-7/h2-5,8H,1H3;1-4,6-7H2,(H,8,9). The fraction of sp³-hybridized carbons (Fsp3) is 0.417. The van der Waals surface area contributed by atoms with Gasteiger partial charge in [0.15, 0.2) is 0 Å². The Kier molecular flexibility index (Phi) is 8.72. The van der Waals surface area contributed by atoms with Crippen molar-refractivity contribution in [2.45, 2.75) is 13.3 Å². The lowest BCUT2D eigenvalue weighted by atomic mass is 10.2. The Hall–Kier alpha value is -1.59. The molecule has 0 aliphatic carbocycles. The second-order valence-electron chi connectivity index (χ2n) is 3.53. The highest BCUT2D eigenvalue weighted by atomic mass is 16.3. The molecule has 0 heterocycles. The van der Waals surface area contributed by atoms with Gasteiger partial charge in [0.2, 0.25) is 5.91 Å². The zero-order valence-electron chi connectivity index (χ0n) is 10.1. The topological polar surface area (TPSA) is 101 Å². The van der Waals surface area contributed by atoms with Gasteiger partial charge in [-0.15, -0.1) is 0 Å². The van der Waals surface area contributed by atoms with E-state index < -0.39 is 0 Å². The SMILES string of the molecule is Cc1ccc(O)cc1.NCCCNC(=O)CN. The predicted molar refractivity (Wildman–Crippen MR) is 68.6 cm³/mol. The molecule has 0 bridgehead atoms. The average Bonchev–Trinajstić information content (AvgIpc) is 2.34. The van der Waals surface area contributed by atoms with Gasteiger partial charge in [0.1, 0.15) is 5.75 Å². The van der Waals surface area contributed by atoms with Gasteiger partial charge in [-0.1, -0.05) is 17.7 Å². The van der Waals surface area contributed by atoms with E-state index in [1.54, 1.807) is 12.1 Å². The number of nitrogens with two attached hydrogens (primary N) is 2. The molecule has 0 saturated carbocycles. The van der Waals surface area contributed by atoms with Crippen molar-refractivity contribution in [3.63, 3.8) is 0 Å². The number of aryl methyl sites for hydroxylation is 1. The summed E-state index contributed by atoms with van der Waals surface area (Å²) in [6, 6.07) is 7.09. The van der Waals surface area contributed by atoms with Gasteiger partial charge in [-0.3, -0.25) is 4.79 Å². The van der Waals surface area contributed by atoms with Crippen LogP contribution in [0.15, 0.2) is 24.3 Å². The molecule has 17 heavy (non-hydrogen) atoms. The molecular weight excluding hydrogens is 218 g/mol. The number of carbonyl (C=O) groups is 1. The zero-order valence-corrected chi connectivity index (χ0v) is 10.1. The van der Waals surface area contributed by atoms with Crippen LogP contribution in [0.25, 0.3) is 0 Å². The third kappa shape index (κ3) is 9.35. The Morgan fingerprint density at radius 3 is 2.29 bits per heavy atom. The molecule has 6 N–H and O–H groups in total. The van der Waals surface area contributed by atoms with Crippen molar-refractivity contribution in [1.82, 2.24) is 5.32 Å². The second kappa shape index (κ2) is 9.62. The molecular formula is C12H21N3O2. The molecule has 0 fully saturated rings.